The summed E-state index contributed by atoms with van der Waals surface area (Å²) in [5.41, 5.74) is 3.05. The van der Waals surface area contributed by atoms with Gasteiger partial charge in [0.15, 0.2) is 5.58 Å². The molecule has 0 radical (unpaired) electrons. The maximum Gasteiger partial charge on any atom is 0.254 e. The minimum absolute atomic E-state index is 0.0911. The summed E-state index contributed by atoms with van der Waals surface area (Å²) in [4.78, 5) is 19.3. The van der Waals surface area contributed by atoms with Crippen LogP contribution in [0.2, 0.25) is 0 Å². The van der Waals surface area contributed by atoms with Crippen LogP contribution in [-0.2, 0) is 0 Å². The summed E-state index contributed by atoms with van der Waals surface area (Å²) in [6.45, 7) is 2.96. The third-order valence-corrected chi connectivity index (χ3v) is 4.72. The Kier molecular flexibility index (Phi) is 3.81. The van der Waals surface area contributed by atoms with Crippen molar-refractivity contribution in [3.8, 4) is 11.5 Å². The van der Waals surface area contributed by atoms with Crippen LogP contribution in [0.15, 0.2) is 52.9 Å². The van der Waals surface area contributed by atoms with Gasteiger partial charge < -0.3 is 9.32 Å². The van der Waals surface area contributed by atoms with Gasteiger partial charge in [0.2, 0.25) is 5.89 Å². The zero-order chi connectivity index (χ0) is 16.5. The minimum atomic E-state index is 0.0911. The van der Waals surface area contributed by atoms with Crippen LogP contribution in [0.4, 0.5) is 0 Å². The quantitative estimate of drug-likeness (QED) is 0.698. The first-order valence-corrected chi connectivity index (χ1v) is 8.49. The molecule has 24 heavy (non-hydrogen) atoms. The first kappa shape index (κ1) is 14.9. The molecule has 2 heterocycles. The Labute approximate surface area is 141 Å². The van der Waals surface area contributed by atoms with Gasteiger partial charge in [0, 0.05) is 23.7 Å². The van der Waals surface area contributed by atoms with E-state index in [0.29, 0.717) is 23.1 Å². The number of carbonyl (C=O) groups excluding carboxylic acids is 1. The molecule has 3 aromatic rings. The number of oxazole rings is 1. The third-order valence-electron chi connectivity index (χ3n) is 4.72. The van der Waals surface area contributed by atoms with Gasteiger partial charge in [-0.25, -0.2) is 4.98 Å². The van der Waals surface area contributed by atoms with Gasteiger partial charge in [0.25, 0.3) is 5.91 Å². The van der Waals surface area contributed by atoms with E-state index in [1.165, 1.54) is 6.42 Å². The Morgan fingerprint density at radius 1 is 1.17 bits per heavy atom. The summed E-state index contributed by atoms with van der Waals surface area (Å²) >= 11 is 0. The summed E-state index contributed by atoms with van der Waals surface area (Å²) in [5.74, 6) is 0.676. The van der Waals surface area contributed by atoms with Gasteiger partial charge in [0.1, 0.15) is 5.52 Å². The molecule has 1 saturated heterocycles. The van der Waals surface area contributed by atoms with Crippen LogP contribution >= 0.6 is 0 Å². The molecule has 1 aliphatic heterocycles. The van der Waals surface area contributed by atoms with E-state index in [4.69, 9.17) is 4.42 Å². The zero-order valence-electron chi connectivity index (χ0n) is 13.7. The molecule has 1 amide bonds. The van der Waals surface area contributed by atoms with E-state index in [1.54, 1.807) is 0 Å². The lowest BCUT2D eigenvalue weighted by molar-refractivity contribution is 0.0636. The number of amides is 1. The lowest BCUT2D eigenvalue weighted by Crippen LogP contribution is -2.42. The zero-order valence-corrected chi connectivity index (χ0v) is 13.7. The van der Waals surface area contributed by atoms with E-state index >= 15 is 0 Å². The number of nitrogens with zero attached hydrogens (tertiary/aromatic N) is 2. The normalized spacial score (nSPS) is 18.0. The summed E-state index contributed by atoms with van der Waals surface area (Å²) in [7, 11) is 0. The monoisotopic (exact) mass is 320 g/mol. The Bertz CT molecular complexity index is 870. The predicted octanol–water partition coefficient (Wildman–Crippen LogP) is 4.51. The number of rotatable bonds is 2. The molecule has 0 spiro atoms. The standard InChI is InChI=1S/C20H20N2O2/c1-14-7-5-6-12-22(14)20(23)16-10-11-18-17(13-16)21-19(24-18)15-8-3-2-4-9-15/h2-4,8-11,13-14H,5-7,12H2,1H3. The molecule has 1 aliphatic rings. The van der Waals surface area contributed by atoms with Crippen LogP contribution in [0.5, 0.6) is 0 Å². The molecule has 122 valence electrons. The highest BCUT2D eigenvalue weighted by Gasteiger charge is 2.24. The molecule has 1 unspecified atom stereocenters. The van der Waals surface area contributed by atoms with Crippen molar-refractivity contribution in [1.82, 2.24) is 9.88 Å². The molecule has 1 aromatic heterocycles. The minimum Gasteiger partial charge on any atom is -0.436 e. The van der Waals surface area contributed by atoms with Gasteiger partial charge in [-0.3, -0.25) is 4.79 Å². The summed E-state index contributed by atoms with van der Waals surface area (Å²) < 4.78 is 5.82. The average molecular weight is 320 g/mol. The van der Waals surface area contributed by atoms with Crippen LogP contribution in [0, 0.1) is 0 Å². The topological polar surface area (TPSA) is 46.3 Å². The molecule has 0 N–H and O–H groups in total. The van der Waals surface area contributed by atoms with Crippen molar-refractivity contribution in [2.24, 2.45) is 0 Å². The van der Waals surface area contributed by atoms with E-state index in [2.05, 4.69) is 11.9 Å². The van der Waals surface area contributed by atoms with Crippen LogP contribution in [0.1, 0.15) is 36.5 Å². The summed E-state index contributed by atoms with van der Waals surface area (Å²) in [6, 6.07) is 15.6. The van der Waals surface area contributed by atoms with Crippen LogP contribution < -0.4 is 0 Å². The van der Waals surface area contributed by atoms with E-state index in [0.717, 1.165) is 30.5 Å². The van der Waals surface area contributed by atoms with Crippen molar-refractivity contribution in [3.63, 3.8) is 0 Å². The van der Waals surface area contributed by atoms with Crippen LogP contribution in [-0.4, -0.2) is 28.4 Å². The number of hydrogen-bond acceptors (Lipinski definition) is 3. The predicted molar refractivity (Wildman–Crippen MR) is 93.8 cm³/mol. The molecule has 4 nitrogen and oxygen atoms in total. The number of fused-ring (bicyclic) bond motifs is 1. The number of piperidine rings is 1. The number of carbonyl (C=O) groups is 1. The largest absolute Gasteiger partial charge is 0.436 e. The van der Waals surface area contributed by atoms with Gasteiger partial charge in [-0.15, -0.1) is 0 Å². The molecule has 4 heteroatoms. The molecule has 1 atom stereocenters. The van der Waals surface area contributed by atoms with Crippen molar-refractivity contribution >= 4 is 17.0 Å². The molecular weight excluding hydrogens is 300 g/mol. The number of hydrogen-bond donors (Lipinski definition) is 0. The lowest BCUT2D eigenvalue weighted by Gasteiger charge is -2.33. The SMILES string of the molecule is CC1CCCCN1C(=O)c1ccc2oc(-c3ccccc3)nc2c1. The number of benzene rings is 2. The van der Waals surface area contributed by atoms with Crippen molar-refractivity contribution in [2.75, 3.05) is 6.54 Å². The van der Waals surface area contributed by atoms with Crippen LogP contribution in [0.25, 0.3) is 22.6 Å². The number of likely N-dealkylation sites (tertiary alicyclic amines) is 1. The van der Waals surface area contributed by atoms with Crippen molar-refractivity contribution in [3.05, 3.63) is 54.1 Å². The van der Waals surface area contributed by atoms with E-state index in [-0.39, 0.29) is 5.91 Å². The first-order valence-electron chi connectivity index (χ1n) is 8.49. The Balaban J connectivity index is 1.67. The van der Waals surface area contributed by atoms with Crippen molar-refractivity contribution in [2.45, 2.75) is 32.2 Å². The second-order valence-electron chi connectivity index (χ2n) is 6.41. The highest BCUT2D eigenvalue weighted by Crippen LogP contribution is 2.26. The smallest absolute Gasteiger partial charge is 0.254 e. The van der Waals surface area contributed by atoms with Crippen LogP contribution in [0.3, 0.4) is 0 Å². The molecule has 1 fully saturated rings. The highest BCUT2D eigenvalue weighted by molar-refractivity contribution is 5.97. The summed E-state index contributed by atoms with van der Waals surface area (Å²) in [5, 5.41) is 0. The fourth-order valence-corrected chi connectivity index (χ4v) is 3.33. The third kappa shape index (κ3) is 2.68. The molecule has 4 rings (SSSR count). The fraction of sp³-hybridized carbons (Fsp3) is 0.300. The Morgan fingerprint density at radius 2 is 2.00 bits per heavy atom. The lowest BCUT2D eigenvalue weighted by atomic mass is 10.0. The first-order chi connectivity index (χ1) is 11.7. The second-order valence-corrected chi connectivity index (χ2v) is 6.41. The molecule has 0 bridgehead atoms. The number of aromatic nitrogens is 1. The molecular formula is C20H20N2O2. The Hall–Kier alpha value is -2.62. The second kappa shape index (κ2) is 6.11. The average Bonchev–Trinajstić information content (AvgIpc) is 3.05. The molecule has 0 aliphatic carbocycles. The maximum atomic E-state index is 12.8. The molecule has 2 aromatic carbocycles. The fourth-order valence-electron chi connectivity index (χ4n) is 3.33. The van der Waals surface area contributed by atoms with Gasteiger partial charge in [-0.05, 0) is 56.5 Å². The van der Waals surface area contributed by atoms with Gasteiger partial charge in [-0.1, -0.05) is 18.2 Å². The van der Waals surface area contributed by atoms with Crippen molar-refractivity contribution < 1.29 is 9.21 Å². The Morgan fingerprint density at radius 3 is 2.79 bits per heavy atom. The highest BCUT2D eigenvalue weighted by atomic mass is 16.3. The van der Waals surface area contributed by atoms with Gasteiger partial charge >= 0.3 is 0 Å². The van der Waals surface area contributed by atoms with Crippen molar-refractivity contribution in [1.29, 1.82) is 0 Å². The molecule has 0 saturated carbocycles. The summed E-state index contributed by atoms with van der Waals surface area (Å²) in [6.07, 6.45) is 3.37. The van der Waals surface area contributed by atoms with E-state index < -0.39 is 0 Å². The van der Waals surface area contributed by atoms with Gasteiger partial charge in [0.05, 0.1) is 0 Å². The van der Waals surface area contributed by atoms with E-state index in [1.807, 2.05) is 53.4 Å². The van der Waals surface area contributed by atoms with E-state index in [9.17, 15) is 4.79 Å². The maximum absolute atomic E-state index is 12.8. The van der Waals surface area contributed by atoms with Gasteiger partial charge in [-0.2, -0.15) is 0 Å².